The quantitative estimate of drug-likeness (QED) is 0.777. The van der Waals surface area contributed by atoms with Crippen molar-refractivity contribution in [2.75, 3.05) is 6.54 Å². The van der Waals surface area contributed by atoms with Gasteiger partial charge in [0.05, 0.1) is 0 Å². The molecule has 0 aromatic heterocycles. The van der Waals surface area contributed by atoms with Gasteiger partial charge in [-0.3, -0.25) is 0 Å². The van der Waals surface area contributed by atoms with Gasteiger partial charge in [0, 0.05) is 0 Å². The van der Waals surface area contributed by atoms with Gasteiger partial charge in [-0.15, -0.1) is 0 Å². The Kier molecular flexibility index (Phi) is 5.25. The summed E-state index contributed by atoms with van der Waals surface area (Å²) in [5, 5.41) is 0. The van der Waals surface area contributed by atoms with Crippen LogP contribution < -0.4 is 11.5 Å². The van der Waals surface area contributed by atoms with Gasteiger partial charge < -0.3 is 16.2 Å². The van der Waals surface area contributed by atoms with Crippen molar-refractivity contribution in [3.8, 4) is 0 Å². The summed E-state index contributed by atoms with van der Waals surface area (Å²) in [5.41, 5.74) is 10.3. The molecule has 0 aromatic rings. The van der Waals surface area contributed by atoms with Crippen molar-refractivity contribution >= 4 is 6.09 Å². The minimum Gasteiger partial charge on any atom is -0.444 e. The van der Waals surface area contributed by atoms with Gasteiger partial charge in [0.2, 0.25) is 0 Å². The average Bonchev–Trinajstić information content (AvgIpc) is 2.25. The second kappa shape index (κ2) is 6.24. The summed E-state index contributed by atoms with van der Waals surface area (Å²) in [7, 11) is 0. The van der Waals surface area contributed by atoms with E-state index in [-0.39, 0.29) is 0 Å². The van der Waals surface area contributed by atoms with Gasteiger partial charge in [-0.2, -0.15) is 0 Å². The molecule has 0 atom stereocenters. The van der Waals surface area contributed by atoms with E-state index in [1.54, 1.807) is 0 Å². The van der Waals surface area contributed by atoms with E-state index >= 15 is 0 Å². The summed E-state index contributed by atoms with van der Waals surface area (Å²) in [6, 6.07) is 0. The van der Waals surface area contributed by atoms with Crippen LogP contribution in [0, 0.1) is 11.8 Å². The molecule has 1 fully saturated rings. The first-order chi connectivity index (χ1) is 7.93. The Hall–Kier alpha value is -0.770. The van der Waals surface area contributed by atoms with E-state index in [2.05, 4.69) is 0 Å². The maximum absolute atomic E-state index is 10.7. The number of carbonyl (C=O) groups excluding carboxylic acids is 1. The molecule has 0 spiro atoms. The zero-order valence-corrected chi connectivity index (χ0v) is 11.1. The van der Waals surface area contributed by atoms with Gasteiger partial charge >= 0.3 is 6.09 Å². The van der Waals surface area contributed by atoms with Gasteiger partial charge in [-0.1, -0.05) is 12.8 Å². The zero-order valence-electron chi connectivity index (χ0n) is 11.1. The third-order valence-electron chi connectivity index (χ3n) is 3.83. The zero-order chi connectivity index (χ0) is 12.9. The lowest BCUT2D eigenvalue weighted by Gasteiger charge is -2.30. The van der Waals surface area contributed by atoms with Crippen molar-refractivity contribution in [2.45, 2.75) is 58.0 Å². The van der Waals surface area contributed by atoms with E-state index in [9.17, 15) is 4.79 Å². The molecule has 0 radical (unpaired) electrons. The third-order valence-corrected chi connectivity index (χ3v) is 3.83. The first kappa shape index (κ1) is 14.3. The Balaban J connectivity index is 2.25. The first-order valence-electron chi connectivity index (χ1n) is 6.61. The largest absolute Gasteiger partial charge is 0.444 e. The van der Waals surface area contributed by atoms with E-state index in [0.29, 0.717) is 0 Å². The van der Waals surface area contributed by atoms with Crippen molar-refractivity contribution in [3.05, 3.63) is 0 Å². The Morgan fingerprint density at radius 1 is 1.24 bits per heavy atom. The molecule has 1 aliphatic carbocycles. The first-order valence-corrected chi connectivity index (χ1v) is 6.61. The molecule has 0 saturated heterocycles. The molecule has 1 amide bonds. The maximum Gasteiger partial charge on any atom is 0.405 e. The lowest BCUT2D eigenvalue weighted by molar-refractivity contribution is 0.0323. The molecule has 0 aliphatic heterocycles. The van der Waals surface area contributed by atoms with Crippen LogP contribution in [0.5, 0.6) is 0 Å². The molecule has 4 heteroatoms. The van der Waals surface area contributed by atoms with Crippen molar-refractivity contribution in [2.24, 2.45) is 23.3 Å². The highest BCUT2D eigenvalue weighted by molar-refractivity contribution is 5.65. The van der Waals surface area contributed by atoms with Gasteiger partial charge in [0.15, 0.2) is 0 Å². The summed E-state index contributed by atoms with van der Waals surface area (Å²) in [4.78, 5) is 10.7. The molecule has 4 N–H and O–H groups in total. The fourth-order valence-corrected chi connectivity index (χ4v) is 2.63. The highest BCUT2D eigenvalue weighted by Crippen LogP contribution is 2.33. The smallest absolute Gasteiger partial charge is 0.405 e. The predicted octanol–water partition coefficient (Wildman–Crippen LogP) is 2.41. The van der Waals surface area contributed by atoms with Crippen LogP contribution in [-0.2, 0) is 4.74 Å². The molecule has 1 aliphatic rings. The highest BCUT2D eigenvalue weighted by atomic mass is 16.6. The highest BCUT2D eigenvalue weighted by Gasteiger charge is 2.25. The fraction of sp³-hybridized carbons (Fsp3) is 0.923. The number of rotatable bonds is 5. The Morgan fingerprint density at radius 3 is 2.24 bits per heavy atom. The third kappa shape index (κ3) is 5.39. The Labute approximate surface area is 104 Å². The summed E-state index contributed by atoms with van der Waals surface area (Å²) in [6.07, 6.45) is 6.33. The SMILES string of the molecule is CC(C)(CC[C@H]1CC[C@H](CN)CC1)OC(N)=O. The monoisotopic (exact) mass is 242 g/mol. The van der Waals surface area contributed by atoms with E-state index in [1.165, 1.54) is 25.7 Å². The minimum absolute atomic E-state index is 0.434. The van der Waals surface area contributed by atoms with Crippen molar-refractivity contribution in [1.29, 1.82) is 0 Å². The summed E-state index contributed by atoms with van der Waals surface area (Å²) in [5.74, 6) is 1.48. The van der Waals surface area contributed by atoms with Crippen LogP contribution in [0.25, 0.3) is 0 Å². The van der Waals surface area contributed by atoms with Crippen LogP contribution in [0.1, 0.15) is 52.4 Å². The number of hydrogen-bond donors (Lipinski definition) is 2. The molecule has 4 nitrogen and oxygen atoms in total. The molecule has 1 rings (SSSR count). The standard InChI is InChI=1S/C13H26N2O2/c1-13(2,17-12(15)16)8-7-10-3-5-11(9-14)6-4-10/h10-11H,3-9,14H2,1-2H3,(H2,15,16)/t10-,11-. The molecular formula is C13H26N2O2. The number of ether oxygens (including phenoxy) is 1. The number of primary amides is 1. The van der Waals surface area contributed by atoms with Crippen LogP contribution in [0.4, 0.5) is 4.79 Å². The van der Waals surface area contributed by atoms with Crippen LogP contribution >= 0.6 is 0 Å². The topological polar surface area (TPSA) is 78.3 Å². The molecule has 0 bridgehead atoms. The van der Waals surface area contributed by atoms with Gasteiger partial charge in [0.1, 0.15) is 5.60 Å². The van der Waals surface area contributed by atoms with Crippen LogP contribution in [-0.4, -0.2) is 18.2 Å². The molecule has 17 heavy (non-hydrogen) atoms. The molecule has 0 aromatic carbocycles. The number of nitrogens with two attached hydrogens (primary N) is 2. The van der Waals surface area contributed by atoms with Crippen LogP contribution in [0.2, 0.25) is 0 Å². The average molecular weight is 242 g/mol. The Morgan fingerprint density at radius 2 is 1.76 bits per heavy atom. The normalized spacial score (nSPS) is 25.6. The van der Waals surface area contributed by atoms with Gasteiger partial charge in [-0.05, 0) is 57.9 Å². The second-order valence-electron chi connectivity index (χ2n) is 5.84. The molecule has 0 heterocycles. The lowest BCUT2D eigenvalue weighted by atomic mass is 9.79. The maximum atomic E-state index is 10.7. The predicted molar refractivity (Wildman–Crippen MR) is 68.5 cm³/mol. The number of carbonyl (C=O) groups is 1. The minimum atomic E-state index is -0.679. The summed E-state index contributed by atoms with van der Waals surface area (Å²) < 4.78 is 5.09. The Bertz CT molecular complexity index is 246. The summed E-state index contributed by atoms with van der Waals surface area (Å²) in [6.45, 7) is 4.66. The second-order valence-corrected chi connectivity index (χ2v) is 5.84. The number of amides is 1. The molecule has 0 unspecified atom stereocenters. The summed E-state index contributed by atoms with van der Waals surface area (Å²) >= 11 is 0. The van der Waals surface area contributed by atoms with Crippen molar-refractivity contribution in [3.63, 3.8) is 0 Å². The molecular weight excluding hydrogens is 216 g/mol. The molecule has 100 valence electrons. The van der Waals surface area contributed by atoms with E-state index in [0.717, 1.165) is 31.2 Å². The number of hydrogen-bond acceptors (Lipinski definition) is 3. The van der Waals surface area contributed by atoms with Crippen molar-refractivity contribution in [1.82, 2.24) is 0 Å². The lowest BCUT2D eigenvalue weighted by Crippen LogP contribution is -2.32. The van der Waals surface area contributed by atoms with E-state index in [1.807, 2.05) is 13.8 Å². The fourth-order valence-electron chi connectivity index (χ4n) is 2.63. The van der Waals surface area contributed by atoms with E-state index in [4.69, 9.17) is 16.2 Å². The van der Waals surface area contributed by atoms with Gasteiger partial charge in [0.25, 0.3) is 0 Å². The van der Waals surface area contributed by atoms with Crippen LogP contribution in [0.3, 0.4) is 0 Å². The molecule has 1 saturated carbocycles. The van der Waals surface area contributed by atoms with Gasteiger partial charge in [-0.25, -0.2) is 4.79 Å². The van der Waals surface area contributed by atoms with Crippen molar-refractivity contribution < 1.29 is 9.53 Å². The van der Waals surface area contributed by atoms with E-state index < -0.39 is 11.7 Å². The van der Waals surface area contributed by atoms with Crippen LogP contribution in [0.15, 0.2) is 0 Å².